The molecular formula is C30H40O10. The topological polar surface area (TPSA) is 168 Å². The van der Waals surface area contributed by atoms with Gasteiger partial charge in [-0.25, -0.2) is 0 Å². The van der Waals surface area contributed by atoms with E-state index in [9.17, 15) is 34.5 Å². The van der Waals surface area contributed by atoms with Gasteiger partial charge in [0.1, 0.15) is 11.7 Å². The molecule has 4 aliphatic rings. The summed E-state index contributed by atoms with van der Waals surface area (Å²) in [5.74, 6) is -5.77. The number of hydrogen-bond acceptors (Lipinski definition) is 9. The lowest BCUT2D eigenvalue weighted by molar-refractivity contribution is -0.228. The maximum Gasteiger partial charge on any atom is 0.306 e. The Morgan fingerprint density at radius 1 is 1.10 bits per heavy atom. The van der Waals surface area contributed by atoms with Crippen molar-refractivity contribution in [1.29, 1.82) is 0 Å². The average Bonchev–Trinajstić information content (AvgIpc) is 3.28. The molecule has 0 amide bonds. The summed E-state index contributed by atoms with van der Waals surface area (Å²) >= 11 is 0. The number of esters is 2. The van der Waals surface area contributed by atoms with Crippen molar-refractivity contribution < 1.29 is 49.1 Å². The first-order valence-electron chi connectivity index (χ1n) is 13.8. The first-order valence-corrected chi connectivity index (χ1v) is 13.8. The molecule has 2 fully saturated rings. The van der Waals surface area contributed by atoms with Crippen LogP contribution in [-0.4, -0.2) is 73.6 Å². The average molecular weight is 561 g/mol. The molecule has 4 aliphatic carbocycles. The van der Waals surface area contributed by atoms with Crippen molar-refractivity contribution in [2.45, 2.75) is 89.6 Å². The first-order chi connectivity index (χ1) is 18.6. The van der Waals surface area contributed by atoms with Crippen molar-refractivity contribution in [1.82, 2.24) is 0 Å². The zero-order valence-corrected chi connectivity index (χ0v) is 23.7. The van der Waals surface area contributed by atoms with Crippen LogP contribution in [0.5, 0.6) is 0 Å². The Kier molecular flexibility index (Phi) is 7.71. The van der Waals surface area contributed by atoms with E-state index in [4.69, 9.17) is 14.6 Å². The summed E-state index contributed by atoms with van der Waals surface area (Å²) < 4.78 is 12.0. The number of ketones is 1. The molecule has 0 saturated heterocycles. The van der Waals surface area contributed by atoms with Crippen molar-refractivity contribution in [3.05, 3.63) is 35.5 Å². The number of aliphatic hydroxyl groups excluding tert-OH is 1. The molecule has 0 spiro atoms. The molecule has 10 heteroatoms. The van der Waals surface area contributed by atoms with Gasteiger partial charge in [0, 0.05) is 55.3 Å². The van der Waals surface area contributed by atoms with Gasteiger partial charge in [0.25, 0.3) is 0 Å². The van der Waals surface area contributed by atoms with E-state index in [1.54, 1.807) is 38.2 Å². The second kappa shape index (κ2) is 10.2. The molecule has 220 valence electrons. The summed E-state index contributed by atoms with van der Waals surface area (Å²) in [5.41, 5.74) is -5.08. The number of carbonyl (C=O) groups excluding carboxylic acids is 3. The highest BCUT2D eigenvalue weighted by molar-refractivity contribution is 6.04. The minimum Gasteiger partial charge on any atom is -0.481 e. The van der Waals surface area contributed by atoms with Crippen LogP contribution in [0.4, 0.5) is 0 Å². The SMILES string of the molecule is CC(=O)O[C@@]12[C@H](OC(=O)CC/C=C\CCC(=O)O)[C@@H](C)[C@@]3(O)[C@@H](C=C(CO)C[C@]4(O)C(=O)C(C)=C[C@@H]34)[C@@H]1C2(C)C. The van der Waals surface area contributed by atoms with Crippen LogP contribution in [0.2, 0.25) is 0 Å². The Bertz CT molecular complexity index is 1200. The Hall–Kier alpha value is -2.82. The van der Waals surface area contributed by atoms with E-state index < -0.39 is 82.3 Å². The molecule has 0 unspecified atom stereocenters. The van der Waals surface area contributed by atoms with Crippen molar-refractivity contribution in [2.75, 3.05) is 6.61 Å². The number of carboxylic acid groups (broad SMARTS) is 1. The number of aliphatic hydroxyl groups is 3. The fourth-order valence-electron chi connectivity index (χ4n) is 7.91. The number of carboxylic acids is 1. The third-order valence-electron chi connectivity index (χ3n) is 9.74. The van der Waals surface area contributed by atoms with Gasteiger partial charge in [-0.3, -0.25) is 19.2 Å². The summed E-state index contributed by atoms with van der Waals surface area (Å²) in [6, 6.07) is 0. The predicted octanol–water partition coefficient (Wildman–Crippen LogP) is 2.25. The van der Waals surface area contributed by atoms with Crippen molar-refractivity contribution >= 4 is 23.7 Å². The fourth-order valence-corrected chi connectivity index (χ4v) is 7.91. The van der Waals surface area contributed by atoms with E-state index >= 15 is 0 Å². The van der Waals surface area contributed by atoms with Gasteiger partial charge in [-0.1, -0.05) is 45.1 Å². The van der Waals surface area contributed by atoms with Crippen molar-refractivity contribution in [3.63, 3.8) is 0 Å². The molecule has 0 aromatic carbocycles. The molecule has 0 radical (unpaired) electrons. The van der Waals surface area contributed by atoms with Crippen molar-refractivity contribution in [3.8, 4) is 0 Å². The molecular weight excluding hydrogens is 520 g/mol. The highest BCUT2D eigenvalue weighted by Gasteiger charge is 2.87. The standard InChI is InChI=1S/C30H40O10/c1-16-12-21-28(37,25(16)36)14-19(15-31)13-20-24-27(4,5)30(24,40-18(3)32)26(17(2)29(20,21)38)39-23(35)11-9-7-6-8-10-22(33)34/h6-7,12-13,17,20-21,24,26,31,37-38H,8-11,14-15H2,1-5H3,(H,33,34)/b7-6-/t17-,20+,21-,24-,26-,28-,29-,30-/m1/s1. The van der Waals surface area contributed by atoms with E-state index in [1.807, 2.05) is 13.8 Å². The molecule has 10 nitrogen and oxygen atoms in total. The molecule has 40 heavy (non-hydrogen) atoms. The minimum absolute atomic E-state index is 0.0158. The molecule has 4 N–H and O–H groups in total. The van der Waals surface area contributed by atoms with Crippen LogP contribution in [0.1, 0.15) is 66.7 Å². The highest BCUT2D eigenvalue weighted by atomic mass is 16.6. The third-order valence-corrected chi connectivity index (χ3v) is 9.74. The van der Waals surface area contributed by atoms with Crippen LogP contribution >= 0.6 is 0 Å². The van der Waals surface area contributed by atoms with Crippen LogP contribution in [0.3, 0.4) is 0 Å². The van der Waals surface area contributed by atoms with Crippen LogP contribution < -0.4 is 0 Å². The number of allylic oxidation sites excluding steroid dienone is 2. The number of aliphatic carboxylic acids is 1. The summed E-state index contributed by atoms with van der Waals surface area (Å²) in [6.07, 6.45) is 6.04. The van der Waals surface area contributed by atoms with Crippen LogP contribution in [-0.2, 0) is 28.7 Å². The summed E-state index contributed by atoms with van der Waals surface area (Å²) in [7, 11) is 0. The lowest BCUT2D eigenvalue weighted by atomic mass is 9.59. The van der Waals surface area contributed by atoms with E-state index in [1.165, 1.54) is 6.92 Å². The van der Waals surface area contributed by atoms with E-state index in [-0.39, 0.29) is 19.3 Å². The number of rotatable bonds is 9. The zero-order chi connectivity index (χ0) is 29.8. The van der Waals surface area contributed by atoms with Gasteiger partial charge in [0.15, 0.2) is 11.4 Å². The third kappa shape index (κ3) is 4.35. The van der Waals surface area contributed by atoms with E-state index in [0.717, 1.165) is 0 Å². The monoisotopic (exact) mass is 560 g/mol. The smallest absolute Gasteiger partial charge is 0.306 e. The molecule has 8 atom stereocenters. The lowest BCUT2D eigenvalue weighted by Gasteiger charge is -2.53. The first kappa shape index (κ1) is 30.1. The molecule has 0 aliphatic heterocycles. The van der Waals surface area contributed by atoms with Crippen LogP contribution in [0, 0.1) is 29.1 Å². The molecule has 0 heterocycles. The summed E-state index contributed by atoms with van der Waals surface area (Å²) in [5, 5.41) is 43.3. The lowest BCUT2D eigenvalue weighted by Crippen LogP contribution is -2.66. The van der Waals surface area contributed by atoms with Crippen LogP contribution in [0.25, 0.3) is 0 Å². The van der Waals surface area contributed by atoms with E-state index in [2.05, 4.69) is 0 Å². The number of hydrogen-bond donors (Lipinski definition) is 4. The Morgan fingerprint density at radius 2 is 1.73 bits per heavy atom. The van der Waals surface area contributed by atoms with Crippen molar-refractivity contribution in [2.24, 2.45) is 29.1 Å². The van der Waals surface area contributed by atoms with Gasteiger partial charge in [-0.2, -0.15) is 0 Å². The Labute approximate surface area is 233 Å². The predicted molar refractivity (Wildman–Crippen MR) is 141 cm³/mol. The Balaban J connectivity index is 1.73. The minimum atomic E-state index is -1.98. The molecule has 0 aromatic rings. The van der Waals surface area contributed by atoms with Gasteiger partial charge in [0.05, 0.1) is 12.2 Å². The van der Waals surface area contributed by atoms with Gasteiger partial charge in [0.2, 0.25) is 0 Å². The highest BCUT2D eigenvalue weighted by Crippen LogP contribution is 2.77. The van der Waals surface area contributed by atoms with Gasteiger partial charge >= 0.3 is 17.9 Å². The maximum absolute atomic E-state index is 13.2. The molecule has 2 saturated carbocycles. The van der Waals surface area contributed by atoms with E-state index in [0.29, 0.717) is 24.0 Å². The fraction of sp³-hybridized carbons (Fsp3) is 0.667. The van der Waals surface area contributed by atoms with Crippen LogP contribution in [0.15, 0.2) is 35.5 Å². The van der Waals surface area contributed by atoms with Gasteiger partial charge in [-0.05, 0) is 30.9 Å². The summed E-state index contributed by atoms with van der Waals surface area (Å²) in [4.78, 5) is 49.4. The number of Topliss-reactive ketones (excluding diaryl/α,β-unsaturated/α-hetero) is 1. The largest absolute Gasteiger partial charge is 0.481 e. The molecule has 0 aromatic heterocycles. The number of fused-ring (bicyclic) bond motifs is 5. The second-order valence-corrected chi connectivity index (χ2v) is 12.4. The number of carbonyl (C=O) groups is 4. The molecule has 0 bridgehead atoms. The van der Waals surface area contributed by atoms with Gasteiger partial charge in [-0.15, -0.1) is 0 Å². The Morgan fingerprint density at radius 3 is 2.30 bits per heavy atom. The normalized spacial score (nSPS) is 39.3. The molecule has 4 rings (SSSR count). The zero-order valence-electron chi connectivity index (χ0n) is 23.7. The van der Waals surface area contributed by atoms with Gasteiger partial charge < -0.3 is 29.9 Å². The maximum atomic E-state index is 13.2. The quantitative estimate of drug-likeness (QED) is 0.242. The second-order valence-electron chi connectivity index (χ2n) is 12.4. The summed E-state index contributed by atoms with van der Waals surface area (Å²) in [6.45, 7) is 7.85. The number of ether oxygens (including phenoxy) is 2.